The Balaban J connectivity index is 1.90. The molecule has 3 heterocycles. The van der Waals surface area contributed by atoms with E-state index in [0.717, 1.165) is 19.3 Å². The van der Waals surface area contributed by atoms with Gasteiger partial charge in [-0.15, -0.1) is 0 Å². The smallest absolute Gasteiger partial charge is 0.258 e. The second-order valence-electron chi connectivity index (χ2n) is 8.72. The second kappa shape index (κ2) is 9.25. The number of amides is 1. The third-order valence-electron chi connectivity index (χ3n) is 6.73. The summed E-state index contributed by atoms with van der Waals surface area (Å²) < 4.78 is 16.3. The number of ether oxygens (including phenoxy) is 3. The number of hydrogen-bond acceptors (Lipinski definition) is 8. The predicted octanol–water partition coefficient (Wildman–Crippen LogP) is 2.79. The fourth-order valence-corrected chi connectivity index (χ4v) is 5.10. The molecule has 0 saturated carbocycles. The van der Waals surface area contributed by atoms with Crippen LogP contribution in [-0.2, 0) is 4.79 Å². The van der Waals surface area contributed by atoms with Crippen LogP contribution in [0.15, 0.2) is 16.9 Å². The van der Waals surface area contributed by atoms with E-state index in [9.17, 15) is 14.9 Å². The van der Waals surface area contributed by atoms with E-state index in [0.29, 0.717) is 28.8 Å². The van der Waals surface area contributed by atoms with Crippen molar-refractivity contribution in [2.24, 2.45) is 5.92 Å². The molecule has 1 aromatic heterocycles. The highest BCUT2D eigenvalue weighted by Gasteiger charge is 2.41. The van der Waals surface area contributed by atoms with Crippen LogP contribution in [0, 0.1) is 17.2 Å². The summed E-state index contributed by atoms with van der Waals surface area (Å²) in [5, 5.41) is 12.5. The maximum absolute atomic E-state index is 13.5. The molecule has 34 heavy (non-hydrogen) atoms. The zero-order chi connectivity index (χ0) is 24.6. The lowest BCUT2D eigenvalue weighted by Crippen LogP contribution is -2.46. The highest BCUT2D eigenvalue weighted by atomic mass is 16.5. The average molecular weight is 468 g/mol. The number of aromatic amines is 1. The number of hydrogen-bond donors (Lipinski definition) is 2. The molecular weight excluding hydrogens is 438 g/mol. The van der Waals surface area contributed by atoms with Crippen LogP contribution in [0.1, 0.15) is 50.2 Å². The molecule has 4 rings (SSSR count). The van der Waals surface area contributed by atoms with Gasteiger partial charge in [0, 0.05) is 18.0 Å². The maximum atomic E-state index is 13.5. The lowest BCUT2D eigenvalue weighted by molar-refractivity contribution is -0.119. The van der Waals surface area contributed by atoms with Crippen LogP contribution < -0.4 is 30.0 Å². The molecule has 2 aliphatic rings. The van der Waals surface area contributed by atoms with Crippen LogP contribution in [0.2, 0.25) is 0 Å². The van der Waals surface area contributed by atoms with E-state index < -0.39 is 23.3 Å². The summed E-state index contributed by atoms with van der Waals surface area (Å²) in [7, 11) is 4.44. The van der Waals surface area contributed by atoms with E-state index in [1.54, 1.807) is 12.1 Å². The number of aromatic nitrogens is 2. The third kappa shape index (κ3) is 3.81. The van der Waals surface area contributed by atoms with Gasteiger partial charge in [0.1, 0.15) is 11.7 Å². The number of anilines is 2. The zero-order valence-electron chi connectivity index (χ0n) is 20.0. The number of fused-ring (bicyclic) bond motifs is 1. The summed E-state index contributed by atoms with van der Waals surface area (Å²) in [6.45, 7) is 4.19. The number of nitriles is 1. The van der Waals surface area contributed by atoms with Crippen molar-refractivity contribution in [1.29, 1.82) is 5.26 Å². The molecule has 10 nitrogen and oxygen atoms in total. The first-order chi connectivity index (χ1) is 16.3. The lowest BCUT2D eigenvalue weighted by atomic mass is 9.79. The molecule has 2 N–H and O–H groups in total. The second-order valence-corrected chi connectivity index (χ2v) is 8.72. The first-order valence-corrected chi connectivity index (χ1v) is 11.3. The molecule has 0 aliphatic carbocycles. The van der Waals surface area contributed by atoms with Crippen LogP contribution in [-0.4, -0.2) is 49.3 Å². The van der Waals surface area contributed by atoms with Gasteiger partial charge in [0.05, 0.1) is 33.0 Å². The normalized spacial score (nSPS) is 24.0. The lowest BCUT2D eigenvalue weighted by Gasteiger charge is -2.40. The van der Waals surface area contributed by atoms with Gasteiger partial charge in [0.25, 0.3) is 5.56 Å². The summed E-state index contributed by atoms with van der Waals surface area (Å²) in [6, 6.07) is 5.75. The van der Waals surface area contributed by atoms with Gasteiger partial charge >= 0.3 is 0 Å². The molecule has 4 unspecified atom stereocenters. The third-order valence-corrected chi connectivity index (χ3v) is 6.73. The highest BCUT2D eigenvalue weighted by Crippen LogP contribution is 2.45. The molecular formula is C24H29N5O5. The fraction of sp³-hybridized carbons (Fsp3) is 0.500. The molecule has 2 aromatic rings. The Kier molecular flexibility index (Phi) is 6.37. The SMILES string of the molecule is COc1cc(C2c3c(nc(N4C(C)CCCC4C)[nH]c3=O)NC(=O)C2C#N)cc(OC)c1OC. The minimum absolute atomic E-state index is 0.166. The minimum atomic E-state index is -1.14. The molecule has 0 bridgehead atoms. The zero-order valence-corrected chi connectivity index (χ0v) is 20.0. The summed E-state index contributed by atoms with van der Waals surface area (Å²) in [5.74, 6) is -0.852. The van der Waals surface area contributed by atoms with E-state index >= 15 is 0 Å². The molecule has 1 amide bonds. The number of piperidine rings is 1. The van der Waals surface area contributed by atoms with Gasteiger partial charge in [-0.05, 0) is 50.8 Å². The Morgan fingerprint density at radius 1 is 1.06 bits per heavy atom. The van der Waals surface area contributed by atoms with E-state index in [1.807, 2.05) is 0 Å². The van der Waals surface area contributed by atoms with Gasteiger partial charge in [-0.2, -0.15) is 10.2 Å². The van der Waals surface area contributed by atoms with Crippen molar-refractivity contribution in [2.75, 3.05) is 31.5 Å². The van der Waals surface area contributed by atoms with Gasteiger partial charge in [0.15, 0.2) is 11.5 Å². The predicted molar refractivity (Wildman–Crippen MR) is 126 cm³/mol. The van der Waals surface area contributed by atoms with Crippen LogP contribution in [0.4, 0.5) is 11.8 Å². The summed E-state index contributed by atoms with van der Waals surface area (Å²) in [4.78, 5) is 36.1. The van der Waals surface area contributed by atoms with Crippen molar-refractivity contribution >= 4 is 17.7 Å². The van der Waals surface area contributed by atoms with E-state index in [4.69, 9.17) is 14.2 Å². The molecule has 1 fully saturated rings. The maximum Gasteiger partial charge on any atom is 0.258 e. The van der Waals surface area contributed by atoms with Gasteiger partial charge in [-0.25, -0.2) is 0 Å². The van der Waals surface area contributed by atoms with Crippen molar-refractivity contribution in [1.82, 2.24) is 9.97 Å². The van der Waals surface area contributed by atoms with Crippen LogP contribution in [0.3, 0.4) is 0 Å². The number of nitrogens with zero attached hydrogens (tertiary/aromatic N) is 3. The van der Waals surface area contributed by atoms with Crippen molar-refractivity contribution in [3.8, 4) is 23.3 Å². The summed E-state index contributed by atoms with van der Waals surface area (Å²) >= 11 is 0. The summed E-state index contributed by atoms with van der Waals surface area (Å²) in [6.07, 6.45) is 3.09. The largest absolute Gasteiger partial charge is 0.493 e. The molecule has 1 saturated heterocycles. The molecule has 0 spiro atoms. The van der Waals surface area contributed by atoms with Crippen LogP contribution >= 0.6 is 0 Å². The van der Waals surface area contributed by atoms with E-state index in [2.05, 4.69) is 40.1 Å². The molecule has 180 valence electrons. The van der Waals surface area contributed by atoms with Crippen molar-refractivity contribution in [2.45, 2.75) is 51.1 Å². The molecule has 10 heteroatoms. The topological polar surface area (TPSA) is 130 Å². The average Bonchev–Trinajstić information content (AvgIpc) is 2.82. The fourth-order valence-electron chi connectivity index (χ4n) is 5.10. The molecule has 2 aliphatic heterocycles. The number of H-pyrrole nitrogens is 1. The number of nitrogens with one attached hydrogen (secondary N) is 2. The van der Waals surface area contributed by atoms with E-state index in [-0.39, 0.29) is 23.5 Å². The number of carbonyl (C=O) groups is 1. The molecule has 1 aromatic carbocycles. The summed E-state index contributed by atoms with van der Waals surface area (Å²) in [5.41, 5.74) is 0.336. The van der Waals surface area contributed by atoms with Crippen LogP contribution in [0.5, 0.6) is 17.2 Å². The molecule has 4 atom stereocenters. The van der Waals surface area contributed by atoms with Gasteiger partial charge in [-0.3, -0.25) is 14.6 Å². The first kappa shape index (κ1) is 23.4. The van der Waals surface area contributed by atoms with Crippen molar-refractivity contribution in [3.05, 3.63) is 33.6 Å². The quantitative estimate of drug-likeness (QED) is 0.687. The Labute approximate surface area is 197 Å². The Morgan fingerprint density at radius 3 is 2.21 bits per heavy atom. The Bertz CT molecular complexity index is 1170. The van der Waals surface area contributed by atoms with Gasteiger partial charge < -0.3 is 24.4 Å². The standard InChI is InChI=1S/C24H29N5O5/c1-12-7-6-8-13(2)29(12)24-27-21-19(23(31)28-24)18(15(11-25)22(30)26-21)14-9-16(32-3)20(34-5)17(10-14)33-4/h9-10,12-13,15,18H,6-8H2,1-5H3,(H2,26,27,28,30,31). The number of methoxy groups -OCH3 is 3. The number of benzene rings is 1. The Morgan fingerprint density at radius 2 is 1.68 bits per heavy atom. The first-order valence-electron chi connectivity index (χ1n) is 11.3. The van der Waals surface area contributed by atoms with Crippen LogP contribution in [0.25, 0.3) is 0 Å². The van der Waals surface area contributed by atoms with E-state index in [1.165, 1.54) is 21.3 Å². The number of rotatable bonds is 5. The van der Waals surface area contributed by atoms with Crippen molar-refractivity contribution < 1.29 is 19.0 Å². The minimum Gasteiger partial charge on any atom is -0.493 e. The number of carbonyl (C=O) groups excluding carboxylic acids is 1. The van der Waals surface area contributed by atoms with Crippen molar-refractivity contribution in [3.63, 3.8) is 0 Å². The van der Waals surface area contributed by atoms with Gasteiger partial charge in [-0.1, -0.05) is 0 Å². The highest BCUT2D eigenvalue weighted by molar-refractivity contribution is 5.98. The monoisotopic (exact) mass is 467 g/mol. The van der Waals surface area contributed by atoms with Gasteiger partial charge in [0.2, 0.25) is 17.6 Å². The Hall–Kier alpha value is -3.74. The molecule has 0 radical (unpaired) electrons.